The Balaban J connectivity index is 2.35. The van der Waals surface area contributed by atoms with E-state index in [9.17, 15) is 9.90 Å². The first-order valence-corrected chi connectivity index (χ1v) is 7.20. The SMILES string of the molecule is CCNC(=O)Nc1ccc(OCC(O)CNC(C)C)cc1. The van der Waals surface area contributed by atoms with Gasteiger partial charge in [-0.1, -0.05) is 13.8 Å². The van der Waals surface area contributed by atoms with Crippen LogP contribution in [-0.2, 0) is 0 Å². The molecule has 1 aromatic rings. The number of carbonyl (C=O) groups excluding carboxylic acids is 1. The Morgan fingerprint density at radius 3 is 2.52 bits per heavy atom. The van der Waals surface area contributed by atoms with E-state index in [0.29, 0.717) is 30.6 Å². The molecule has 2 amide bonds. The third-order valence-corrected chi connectivity index (χ3v) is 2.65. The zero-order valence-electron chi connectivity index (χ0n) is 12.8. The number of urea groups is 1. The molecule has 1 unspecified atom stereocenters. The molecule has 0 radical (unpaired) electrons. The Bertz CT molecular complexity index is 421. The topological polar surface area (TPSA) is 82.6 Å². The summed E-state index contributed by atoms with van der Waals surface area (Å²) >= 11 is 0. The summed E-state index contributed by atoms with van der Waals surface area (Å²) in [5.41, 5.74) is 0.690. The number of aliphatic hydroxyl groups excluding tert-OH is 1. The number of anilines is 1. The largest absolute Gasteiger partial charge is 0.491 e. The molecule has 0 aliphatic rings. The predicted octanol–water partition coefficient (Wildman–Crippen LogP) is 1.57. The Labute approximate surface area is 125 Å². The first-order chi connectivity index (χ1) is 10.0. The molecule has 4 N–H and O–H groups in total. The highest BCUT2D eigenvalue weighted by molar-refractivity contribution is 5.89. The maximum Gasteiger partial charge on any atom is 0.319 e. The van der Waals surface area contributed by atoms with Crippen LogP contribution in [0.5, 0.6) is 5.75 Å². The quantitative estimate of drug-likeness (QED) is 0.586. The number of hydrogen-bond acceptors (Lipinski definition) is 4. The number of carbonyl (C=O) groups is 1. The summed E-state index contributed by atoms with van der Waals surface area (Å²) in [5.74, 6) is 0.653. The van der Waals surface area contributed by atoms with Gasteiger partial charge in [-0.15, -0.1) is 0 Å². The molecule has 0 aliphatic carbocycles. The van der Waals surface area contributed by atoms with Crippen LogP contribution in [0.2, 0.25) is 0 Å². The van der Waals surface area contributed by atoms with Crippen molar-refractivity contribution >= 4 is 11.7 Å². The molecule has 21 heavy (non-hydrogen) atoms. The molecular formula is C15H25N3O3. The summed E-state index contributed by atoms with van der Waals surface area (Å²) in [6.45, 7) is 7.20. The number of amides is 2. The van der Waals surface area contributed by atoms with Crippen LogP contribution in [0.15, 0.2) is 24.3 Å². The second-order valence-electron chi connectivity index (χ2n) is 5.04. The predicted molar refractivity (Wildman–Crippen MR) is 83.8 cm³/mol. The van der Waals surface area contributed by atoms with Gasteiger partial charge in [-0.05, 0) is 31.2 Å². The van der Waals surface area contributed by atoms with Crippen LogP contribution in [0, 0.1) is 0 Å². The van der Waals surface area contributed by atoms with Crippen LogP contribution >= 0.6 is 0 Å². The van der Waals surface area contributed by atoms with Gasteiger partial charge in [-0.3, -0.25) is 0 Å². The van der Waals surface area contributed by atoms with Gasteiger partial charge in [0.15, 0.2) is 0 Å². The van der Waals surface area contributed by atoms with E-state index in [-0.39, 0.29) is 12.6 Å². The average molecular weight is 295 g/mol. The fraction of sp³-hybridized carbons (Fsp3) is 0.533. The lowest BCUT2D eigenvalue weighted by Gasteiger charge is -2.15. The van der Waals surface area contributed by atoms with Gasteiger partial charge in [0.25, 0.3) is 0 Å². The Hall–Kier alpha value is -1.79. The van der Waals surface area contributed by atoms with Gasteiger partial charge in [0.2, 0.25) is 0 Å². The standard InChI is InChI=1S/C15H25N3O3/c1-4-16-15(20)18-12-5-7-14(8-6-12)21-10-13(19)9-17-11(2)3/h5-8,11,13,17,19H,4,9-10H2,1-3H3,(H2,16,18,20). The van der Waals surface area contributed by atoms with E-state index < -0.39 is 6.10 Å². The van der Waals surface area contributed by atoms with Gasteiger partial charge in [0.05, 0.1) is 0 Å². The van der Waals surface area contributed by atoms with Crippen molar-refractivity contribution in [2.24, 2.45) is 0 Å². The Morgan fingerprint density at radius 2 is 1.95 bits per heavy atom. The van der Waals surface area contributed by atoms with Crippen molar-refractivity contribution in [2.45, 2.75) is 32.9 Å². The van der Waals surface area contributed by atoms with E-state index in [1.165, 1.54) is 0 Å². The van der Waals surface area contributed by atoms with Crippen LogP contribution in [0.1, 0.15) is 20.8 Å². The molecule has 118 valence electrons. The van der Waals surface area contributed by atoms with Gasteiger partial charge in [-0.25, -0.2) is 4.79 Å². The average Bonchev–Trinajstić information content (AvgIpc) is 2.44. The molecule has 6 heteroatoms. The molecule has 0 saturated heterocycles. The van der Waals surface area contributed by atoms with Crippen molar-refractivity contribution in [3.63, 3.8) is 0 Å². The second kappa shape index (κ2) is 9.20. The number of ether oxygens (including phenoxy) is 1. The second-order valence-corrected chi connectivity index (χ2v) is 5.04. The van der Waals surface area contributed by atoms with Gasteiger partial charge < -0.3 is 25.8 Å². The molecule has 0 bridgehead atoms. The molecule has 0 spiro atoms. The molecule has 0 aliphatic heterocycles. The van der Waals surface area contributed by atoms with E-state index in [1.54, 1.807) is 24.3 Å². The zero-order chi connectivity index (χ0) is 15.7. The van der Waals surface area contributed by atoms with Crippen molar-refractivity contribution in [2.75, 3.05) is 25.0 Å². The molecular weight excluding hydrogens is 270 g/mol. The highest BCUT2D eigenvalue weighted by atomic mass is 16.5. The highest BCUT2D eigenvalue weighted by Gasteiger charge is 2.06. The minimum atomic E-state index is -0.555. The molecule has 0 fully saturated rings. The van der Waals surface area contributed by atoms with Gasteiger partial charge in [0.1, 0.15) is 18.5 Å². The lowest BCUT2D eigenvalue weighted by atomic mass is 10.3. The van der Waals surface area contributed by atoms with E-state index in [2.05, 4.69) is 16.0 Å². The summed E-state index contributed by atoms with van der Waals surface area (Å²) in [7, 11) is 0. The van der Waals surface area contributed by atoms with Gasteiger partial charge in [0, 0.05) is 24.8 Å². The lowest BCUT2D eigenvalue weighted by molar-refractivity contribution is 0.104. The van der Waals surface area contributed by atoms with E-state index >= 15 is 0 Å². The van der Waals surface area contributed by atoms with Crippen LogP contribution in [0.3, 0.4) is 0 Å². The van der Waals surface area contributed by atoms with Gasteiger partial charge >= 0.3 is 6.03 Å². The highest BCUT2D eigenvalue weighted by Crippen LogP contribution is 2.15. The minimum Gasteiger partial charge on any atom is -0.491 e. The van der Waals surface area contributed by atoms with Crippen molar-refractivity contribution in [3.8, 4) is 5.75 Å². The minimum absolute atomic E-state index is 0.225. The lowest BCUT2D eigenvalue weighted by Crippen LogP contribution is -2.35. The van der Waals surface area contributed by atoms with Crippen molar-refractivity contribution in [1.82, 2.24) is 10.6 Å². The third kappa shape index (κ3) is 7.53. The Kier molecular flexibility index (Phi) is 7.56. The van der Waals surface area contributed by atoms with E-state index in [1.807, 2.05) is 20.8 Å². The molecule has 0 aromatic heterocycles. The number of benzene rings is 1. The van der Waals surface area contributed by atoms with Gasteiger partial charge in [-0.2, -0.15) is 0 Å². The Morgan fingerprint density at radius 1 is 1.29 bits per heavy atom. The zero-order valence-corrected chi connectivity index (χ0v) is 12.8. The van der Waals surface area contributed by atoms with Crippen molar-refractivity contribution < 1.29 is 14.6 Å². The summed E-state index contributed by atoms with van der Waals surface area (Å²) < 4.78 is 5.49. The monoisotopic (exact) mass is 295 g/mol. The van der Waals surface area contributed by atoms with E-state index in [0.717, 1.165) is 0 Å². The first kappa shape index (κ1) is 17.3. The summed E-state index contributed by atoms with van der Waals surface area (Å²) in [6.07, 6.45) is -0.555. The van der Waals surface area contributed by atoms with Crippen LogP contribution in [0.25, 0.3) is 0 Å². The van der Waals surface area contributed by atoms with Crippen LogP contribution in [-0.4, -0.2) is 43.0 Å². The smallest absolute Gasteiger partial charge is 0.319 e. The first-order valence-electron chi connectivity index (χ1n) is 7.20. The van der Waals surface area contributed by atoms with Crippen LogP contribution in [0.4, 0.5) is 10.5 Å². The fourth-order valence-electron chi connectivity index (χ4n) is 1.59. The third-order valence-electron chi connectivity index (χ3n) is 2.65. The molecule has 6 nitrogen and oxygen atoms in total. The fourth-order valence-corrected chi connectivity index (χ4v) is 1.59. The normalized spacial score (nSPS) is 12.0. The van der Waals surface area contributed by atoms with Crippen molar-refractivity contribution in [1.29, 1.82) is 0 Å². The maximum absolute atomic E-state index is 11.3. The summed E-state index contributed by atoms with van der Waals surface area (Å²) in [4.78, 5) is 11.3. The molecule has 1 atom stereocenters. The number of hydrogen-bond donors (Lipinski definition) is 4. The molecule has 1 aromatic carbocycles. The summed E-state index contributed by atoms with van der Waals surface area (Å²) in [5, 5.41) is 18.2. The van der Waals surface area contributed by atoms with Crippen LogP contribution < -0.4 is 20.7 Å². The number of aliphatic hydroxyl groups is 1. The molecule has 1 rings (SSSR count). The van der Waals surface area contributed by atoms with Crippen molar-refractivity contribution in [3.05, 3.63) is 24.3 Å². The molecule has 0 saturated carbocycles. The number of rotatable bonds is 8. The van der Waals surface area contributed by atoms with E-state index in [4.69, 9.17) is 4.74 Å². The maximum atomic E-state index is 11.3. The number of nitrogens with one attached hydrogen (secondary N) is 3. The molecule has 0 heterocycles. The summed E-state index contributed by atoms with van der Waals surface area (Å²) in [6, 6.07) is 7.11.